The molecule has 4 rings (SSSR count). The van der Waals surface area contributed by atoms with Gasteiger partial charge in [0.05, 0.1) is 5.50 Å². The summed E-state index contributed by atoms with van der Waals surface area (Å²) in [4.78, 5) is 0. The van der Waals surface area contributed by atoms with E-state index < -0.39 is 5.50 Å². The Kier molecular flexibility index (Phi) is 3.17. The van der Waals surface area contributed by atoms with Crippen LogP contribution in [0.1, 0.15) is 16.7 Å². The minimum absolute atomic E-state index is 0.458. The monoisotopic (exact) mass is 298 g/mol. The zero-order chi connectivity index (χ0) is 16.0. The molecule has 0 saturated heterocycles. The minimum atomic E-state index is -0.458. The van der Waals surface area contributed by atoms with Crippen LogP contribution in [0.3, 0.4) is 0 Å². The van der Waals surface area contributed by atoms with Gasteiger partial charge in [-0.1, -0.05) is 54.6 Å². The highest BCUT2D eigenvalue weighted by atomic mass is 16.5. The van der Waals surface area contributed by atoms with E-state index in [-0.39, 0.29) is 0 Å². The molecule has 3 aromatic carbocycles. The van der Waals surface area contributed by atoms with Crippen LogP contribution in [0.15, 0.2) is 67.3 Å². The summed E-state index contributed by atoms with van der Waals surface area (Å²) in [5.74, 6) is 0. The lowest BCUT2D eigenvalue weighted by Crippen LogP contribution is -2.26. The van der Waals surface area contributed by atoms with E-state index in [0.29, 0.717) is 0 Å². The summed E-state index contributed by atoms with van der Waals surface area (Å²) in [6.45, 7) is 3.94. The van der Waals surface area contributed by atoms with E-state index in [1.54, 1.807) is 7.11 Å². The van der Waals surface area contributed by atoms with E-state index in [1.807, 2.05) is 6.08 Å². The molecule has 1 aliphatic carbocycles. The lowest BCUT2D eigenvalue weighted by molar-refractivity contribution is 0.103. The molecule has 0 saturated carbocycles. The number of methoxy groups -OCH3 is 1. The number of rotatable bonds is 3. The third kappa shape index (κ3) is 2.06. The maximum atomic E-state index is 5.69. The third-order valence-electron chi connectivity index (χ3n) is 5.16. The summed E-state index contributed by atoms with van der Waals surface area (Å²) < 4.78 is 5.69. The summed E-state index contributed by atoms with van der Waals surface area (Å²) in [6, 6.07) is 19.8. The molecule has 23 heavy (non-hydrogen) atoms. The highest BCUT2D eigenvalue weighted by Gasteiger charge is 2.25. The molecule has 3 aromatic rings. The van der Waals surface area contributed by atoms with E-state index in [4.69, 9.17) is 4.74 Å². The molecule has 2 heteroatoms. The van der Waals surface area contributed by atoms with E-state index in [2.05, 4.69) is 69.0 Å². The van der Waals surface area contributed by atoms with Crippen LogP contribution in [-0.4, -0.2) is 15.0 Å². The van der Waals surface area contributed by atoms with Crippen molar-refractivity contribution in [1.82, 2.24) is 0 Å². The number of ether oxygens (including phenoxy) is 1. The minimum Gasteiger partial charge on any atom is -0.379 e. The van der Waals surface area contributed by atoms with Gasteiger partial charge in [0.25, 0.3) is 0 Å². The summed E-state index contributed by atoms with van der Waals surface area (Å²) in [5.41, 5.74) is 6.12. The van der Waals surface area contributed by atoms with Crippen molar-refractivity contribution in [1.29, 1.82) is 0 Å². The Morgan fingerprint density at radius 3 is 2.57 bits per heavy atom. The zero-order valence-corrected chi connectivity index (χ0v) is 13.6. The van der Waals surface area contributed by atoms with Crippen LogP contribution in [-0.2, 0) is 16.7 Å². The quantitative estimate of drug-likeness (QED) is 0.410. The summed E-state index contributed by atoms with van der Waals surface area (Å²) in [7, 11) is 3.79. The van der Waals surface area contributed by atoms with Crippen LogP contribution in [0.4, 0.5) is 0 Å². The second-order valence-electron chi connectivity index (χ2n) is 6.38. The molecule has 0 spiro atoms. The van der Waals surface area contributed by atoms with Crippen LogP contribution in [0.2, 0.25) is 0 Å². The molecule has 1 aliphatic rings. The molecule has 0 aromatic heterocycles. The Hall–Kier alpha value is -2.32. The van der Waals surface area contributed by atoms with Gasteiger partial charge in [-0.15, -0.1) is 6.58 Å². The first-order valence-corrected chi connectivity index (χ1v) is 7.99. The number of benzene rings is 3. The van der Waals surface area contributed by atoms with E-state index >= 15 is 0 Å². The van der Waals surface area contributed by atoms with Crippen molar-refractivity contribution in [2.45, 2.75) is 11.9 Å². The summed E-state index contributed by atoms with van der Waals surface area (Å²) in [6.07, 6.45) is 2.85. The van der Waals surface area contributed by atoms with Gasteiger partial charge in [-0.05, 0) is 51.1 Å². The van der Waals surface area contributed by atoms with Crippen LogP contribution in [0.25, 0.3) is 21.9 Å². The van der Waals surface area contributed by atoms with Gasteiger partial charge in [-0.25, -0.2) is 0 Å². The maximum Gasteiger partial charge on any atom is 0.154 e. The standard InChI is InChI=1S/C21H19BO/c1-3-21(22,23-2)17-11-10-15-12-16-8-4-6-14-7-5-9-18(20(14)16)19(15)13-17/h3-11,13H,1,12,22H2,2H3. The van der Waals surface area contributed by atoms with Crippen LogP contribution in [0.5, 0.6) is 0 Å². The van der Waals surface area contributed by atoms with Crippen molar-refractivity contribution in [3.05, 3.63) is 83.9 Å². The number of fused-ring (bicyclic) bond motifs is 2. The van der Waals surface area contributed by atoms with Crippen LogP contribution in [0, 0.1) is 0 Å². The molecule has 0 aliphatic heterocycles. The predicted molar refractivity (Wildman–Crippen MR) is 99.6 cm³/mol. The van der Waals surface area contributed by atoms with E-state index in [9.17, 15) is 0 Å². The fraction of sp³-hybridized carbons (Fsp3) is 0.143. The third-order valence-corrected chi connectivity index (χ3v) is 5.16. The molecule has 0 bridgehead atoms. The molecule has 0 radical (unpaired) electrons. The average molecular weight is 298 g/mol. The Morgan fingerprint density at radius 2 is 1.83 bits per heavy atom. The zero-order valence-electron chi connectivity index (χ0n) is 13.6. The normalized spacial score (nSPS) is 15.0. The highest BCUT2D eigenvalue weighted by molar-refractivity contribution is 6.16. The predicted octanol–water partition coefficient (Wildman–Crippen LogP) is 4.03. The first kappa shape index (κ1) is 14.3. The van der Waals surface area contributed by atoms with E-state index in [0.717, 1.165) is 12.0 Å². The number of hydrogen-bond acceptors (Lipinski definition) is 1. The Bertz CT molecular complexity index is 923. The van der Waals surface area contributed by atoms with Gasteiger partial charge in [-0.3, -0.25) is 0 Å². The van der Waals surface area contributed by atoms with Gasteiger partial charge in [0.15, 0.2) is 7.85 Å². The largest absolute Gasteiger partial charge is 0.379 e. The van der Waals surface area contributed by atoms with Crippen LogP contribution < -0.4 is 0 Å². The lowest BCUT2D eigenvalue weighted by Gasteiger charge is -2.28. The second kappa shape index (κ2) is 5.11. The van der Waals surface area contributed by atoms with Crippen molar-refractivity contribution < 1.29 is 4.74 Å². The molecule has 1 nitrogen and oxygen atoms in total. The smallest absolute Gasteiger partial charge is 0.154 e. The fourth-order valence-corrected chi connectivity index (χ4v) is 3.60. The van der Waals surface area contributed by atoms with Gasteiger partial charge in [-0.2, -0.15) is 0 Å². The molecule has 0 heterocycles. The average Bonchev–Trinajstić information content (AvgIpc) is 2.61. The van der Waals surface area contributed by atoms with Gasteiger partial charge >= 0.3 is 0 Å². The Balaban J connectivity index is 2.00. The van der Waals surface area contributed by atoms with Crippen molar-refractivity contribution in [3.8, 4) is 11.1 Å². The molecular weight excluding hydrogens is 279 g/mol. The number of hydrogen-bond donors (Lipinski definition) is 0. The van der Waals surface area contributed by atoms with E-state index in [1.165, 1.54) is 33.0 Å². The van der Waals surface area contributed by atoms with Crippen molar-refractivity contribution in [2.24, 2.45) is 0 Å². The highest BCUT2D eigenvalue weighted by Crippen LogP contribution is 2.40. The Morgan fingerprint density at radius 1 is 1.04 bits per heavy atom. The molecule has 112 valence electrons. The molecule has 1 unspecified atom stereocenters. The van der Waals surface area contributed by atoms with Gasteiger partial charge in [0, 0.05) is 7.11 Å². The van der Waals surface area contributed by atoms with Crippen LogP contribution >= 0.6 is 0 Å². The molecule has 1 atom stereocenters. The lowest BCUT2D eigenvalue weighted by atomic mass is 9.73. The van der Waals surface area contributed by atoms with Crippen molar-refractivity contribution in [2.75, 3.05) is 7.11 Å². The Labute approximate surface area is 138 Å². The first-order valence-electron chi connectivity index (χ1n) is 7.99. The first-order chi connectivity index (χ1) is 11.2. The van der Waals surface area contributed by atoms with Gasteiger partial charge in [0.2, 0.25) is 0 Å². The van der Waals surface area contributed by atoms with Crippen molar-refractivity contribution in [3.63, 3.8) is 0 Å². The van der Waals surface area contributed by atoms with Gasteiger partial charge in [0.1, 0.15) is 0 Å². The van der Waals surface area contributed by atoms with Crippen molar-refractivity contribution >= 4 is 18.6 Å². The molecule has 0 amide bonds. The maximum absolute atomic E-state index is 5.69. The fourth-order valence-electron chi connectivity index (χ4n) is 3.60. The topological polar surface area (TPSA) is 9.23 Å². The summed E-state index contributed by atoms with van der Waals surface area (Å²) in [5, 5.41) is 2.70. The molecule has 0 fully saturated rings. The SMILES string of the molecule is BC(C=C)(OC)c1ccc2c(c1)-c1cccc3cccc(c13)C2. The molecule has 0 N–H and O–H groups in total. The summed E-state index contributed by atoms with van der Waals surface area (Å²) >= 11 is 0. The molecular formula is C21H19BO. The second-order valence-corrected chi connectivity index (χ2v) is 6.38. The van der Waals surface area contributed by atoms with Gasteiger partial charge < -0.3 is 4.74 Å².